The number of hydrogen-bond acceptors (Lipinski definition) is 3. The molecule has 2 aromatic carbocycles. The molecule has 4 heteroatoms. The van der Waals surface area contributed by atoms with Crippen LogP contribution in [0.4, 0.5) is 5.69 Å². The topological polar surface area (TPSA) is 72.6 Å². The number of anilines is 1. The van der Waals surface area contributed by atoms with Gasteiger partial charge in [-0.05, 0) is 61.1 Å². The molecule has 0 fully saturated rings. The Kier molecular flexibility index (Phi) is 3.52. The van der Waals surface area contributed by atoms with Crippen LogP contribution in [0.2, 0.25) is 0 Å². The minimum atomic E-state index is -1.05. The third-order valence-corrected chi connectivity index (χ3v) is 3.82. The minimum absolute atomic E-state index is 0.0766. The number of nitrogens with two attached hydrogens (primary N) is 1. The zero-order valence-electron chi connectivity index (χ0n) is 11.6. The molecule has 0 spiro atoms. The zero-order valence-corrected chi connectivity index (χ0v) is 11.6. The smallest absolute Gasteiger partial charge is 0.339 e. The van der Waals surface area contributed by atoms with Gasteiger partial charge in [-0.1, -0.05) is 12.1 Å². The van der Waals surface area contributed by atoms with E-state index >= 15 is 0 Å². The zero-order chi connectivity index (χ0) is 14.8. The third-order valence-electron chi connectivity index (χ3n) is 3.82. The molecule has 0 amide bonds. The molecule has 21 heavy (non-hydrogen) atoms. The molecule has 0 radical (unpaired) electrons. The molecular weight excluding hydrogens is 266 g/mol. The largest absolute Gasteiger partial charge is 0.478 e. The summed E-state index contributed by atoms with van der Waals surface area (Å²) in [5, 5.41) is 9.22. The standard InChI is InChI=1S/C17H17NO3/c18-15-7-3-6-14(17(19)20)16(15)21-13-9-8-11-4-1-2-5-12(11)10-13/h3,6-10H,1-2,4-5,18H2,(H,19,20). The van der Waals surface area contributed by atoms with Crippen LogP contribution in [-0.4, -0.2) is 11.1 Å². The predicted octanol–water partition coefficient (Wildman–Crippen LogP) is 3.64. The number of rotatable bonds is 3. The highest BCUT2D eigenvalue weighted by molar-refractivity contribution is 5.93. The van der Waals surface area contributed by atoms with Crippen molar-refractivity contribution in [2.75, 3.05) is 5.73 Å². The molecule has 108 valence electrons. The first-order chi connectivity index (χ1) is 10.1. The number of nitrogen functional groups attached to an aromatic ring is 1. The van der Waals surface area contributed by atoms with Crippen LogP contribution in [0.15, 0.2) is 36.4 Å². The van der Waals surface area contributed by atoms with Crippen molar-refractivity contribution in [3.63, 3.8) is 0 Å². The van der Waals surface area contributed by atoms with Crippen molar-refractivity contribution < 1.29 is 14.6 Å². The molecule has 0 atom stereocenters. The first kappa shape index (κ1) is 13.5. The van der Waals surface area contributed by atoms with Crippen LogP contribution < -0.4 is 10.5 Å². The van der Waals surface area contributed by atoms with Gasteiger partial charge in [0.15, 0.2) is 5.75 Å². The SMILES string of the molecule is Nc1cccc(C(=O)O)c1Oc1ccc2c(c1)CCCC2. The lowest BCUT2D eigenvalue weighted by Crippen LogP contribution is -2.05. The second-order valence-electron chi connectivity index (χ2n) is 5.27. The van der Waals surface area contributed by atoms with E-state index in [4.69, 9.17) is 10.5 Å². The number of aryl methyl sites for hydroxylation is 2. The predicted molar refractivity (Wildman–Crippen MR) is 81.0 cm³/mol. The van der Waals surface area contributed by atoms with Crippen LogP contribution in [-0.2, 0) is 12.8 Å². The summed E-state index contributed by atoms with van der Waals surface area (Å²) in [6.07, 6.45) is 4.55. The van der Waals surface area contributed by atoms with Gasteiger partial charge in [0, 0.05) is 0 Å². The van der Waals surface area contributed by atoms with Gasteiger partial charge in [-0.25, -0.2) is 4.79 Å². The molecule has 0 bridgehead atoms. The number of ether oxygens (including phenoxy) is 1. The number of benzene rings is 2. The molecule has 1 aliphatic rings. The second-order valence-corrected chi connectivity index (χ2v) is 5.27. The van der Waals surface area contributed by atoms with Crippen molar-refractivity contribution in [1.29, 1.82) is 0 Å². The number of fused-ring (bicyclic) bond motifs is 1. The van der Waals surface area contributed by atoms with Crippen LogP contribution in [0.25, 0.3) is 0 Å². The van der Waals surface area contributed by atoms with Gasteiger partial charge >= 0.3 is 5.97 Å². The van der Waals surface area contributed by atoms with E-state index in [-0.39, 0.29) is 11.3 Å². The maximum atomic E-state index is 11.3. The Morgan fingerprint density at radius 3 is 2.62 bits per heavy atom. The van der Waals surface area contributed by atoms with E-state index in [1.165, 1.54) is 30.0 Å². The summed E-state index contributed by atoms with van der Waals surface area (Å²) >= 11 is 0. The highest BCUT2D eigenvalue weighted by Gasteiger charge is 2.16. The first-order valence-electron chi connectivity index (χ1n) is 7.06. The Hall–Kier alpha value is -2.49. The highest BCUT2D eigenvalue weighted by atomic mass is 16.5. The Bertz CT molecular complexity index is 694. The lowest BCUT2D eigenvalue weighted by atomic mass is 9.92. The van der Waals surface area contributed by atoms with E-state index in [0.29, 0.717) is 11.4 Å². The monoisotopic (exact) mass is 283 g/mol. The normalized spacial score (nSPS) is 13.5. The Morgan fingerprint density at radius 1 is 1.10 bits per heavy atom. The molecule has 0 heterocycles. The fraction of sp³-hybridized carbons (Fsp3) is 0.235. The summed E-state index contributed by atoms with van der Waals surface area (Å²) < 4.78 is 5.76. The van der Waals surface area contributed by atoms with E-state index in [0.717, 1.165) is 12.8 Å². The van der Waals surface area contributed by atoms with Crippen molar-refractivity contribution in [3.8, 4) is 11.5 Å². The third kappa shape index (κ3) is 2.70. The second kappa shape index (κ2) is 5.48. The molecular formula is C17H17NO3. The number of aromatic carboxylic acids is 1. The first-order valence-corrected chi connectivity index (χ1v) is 7.06. The van der Waals surface area contributed by atoms with Gasteiger partial charge in [0.1, 0.15) is 11.3 Å². The molecule has 0 aromatic heterocycles. The molecule has 0 unspecified atom stereocenters. The van der Waals surface area contributed by atoms with Gasteiger partial charge in [-0.2, -0.15) is 0 Å². The molecule has 1 aliphatic carbocycles. The fourth-order valence-electron chi connectivity index (χ4n) is 2.73. The van der Waals surface area contributed by atoms with Gasteiger partial charge in [-0.15, -0.1) is 0 Å². The van der Waals surface area contributed by atoms with Crippen LogP contribution in [0.5, 0.6) is 11.5 Å². The summed E-state index contributed by atoms with van der Waals surface area (Å²) in [6.45, 7) is 0. The summed E-state index contributed by atoms with van der Waals surface area (Å²) in [5.74, 6) is -0.202. The summed E-state index contributed by atoms with van der Waals surface area (Å²) in [7, 11) is 0. The molecule has 0 saturated carbocycles. The van der Waals surface area contributed by atoms with Crippen molar-refractivity contribution in [3.05, 3.63) is 53.1 Å². The van der Waals surface area contributed by atoms with Gasteiger partial charge in [-0.3, -0.25) is 0 Å². The summed E-state index contributed by atoms with van der Waals surface area (Å²) in [4.78, 5) is 11.3. The summed E-state index contributed by atoms with van der Waals surface area (Å²) in [5.41, 5.74) is 8.90. The van der Waals surface area contributed by atoms with E-state index in [9.17, 15) is 9.90 Å². The number of carboxylic acid groups (broad SMARTS) is 1. The Labute approximate surface area is 123 Å². The average Bonchev–Trinajstić information content (AvgIpc) is 2.49. The van der Waals surface area contributed by atoms with Crippen molar-refractivity contribution in [2.24, 2.45) is 0 Å². The Morgan fingerprint density at radius 2 is 1.86 bits per heavy atom. The van der Waals surface area contributed by atoms with Gasteiger partial charge in [0.2, 0.25) is 0 Å². The molecule has 3 rings (SSSR count). The van der Waals surface area contributed by atoms with E-state index in [2.05, 4.69) is 6.07 Å². The summed E-state index contributed by atoms with van der Waals surface area (Å²) in [6, 6.07) is 10.7. The van der Waals surface area contributed by atoms with Crippen LogP contribution in [0.3, 0.4) is 0 Å². The van der Waals surface area contributed by atoms with E-state index in [1.807, 2.05) is 12.1 Å². The minimum Gasteiger partial charge on any atom is -0.478 e. The van der Waals surface area contributed by atoms with Crippen LogP contribution in [0.1, 0.15) is 34.3 Å². The average molecular weight is 283 g/mol. The molecule has 0 aliphatic heterocycles. The lowest BCUT2D eigenvalue weighted by molar-refractivity contribution is 0.0694. The number of carbonyl (C=O) groups is 1. The number of para-hydroxylation sites is 1. The Balaban J connectivity index is 1.95. The van der Waals surface area contributed by atoms with Crippen molar-refractivity contribution in [2.45, 2.75) is 25.7 Å². The van der Waals surface area contributed by atoms with Crippen LogP contribution in [0, 0.1) is 0 Å². The van der Waals surface area contributed by atoms with Gasteiger partial charge in [0.25, 0.3) is 0 Å². The molecule has 2 aromatic rings. The fourth-order valence-corrected chi connectivity index (χ4v) is 2.73. The van der Waals surface area contributed by atoms with E-state index < -0.39 is 5.97 Å². The van der Waals surface area contributed by atoms with E-state index in [1.54, 1.807) is 12.1 Å². The molecule has 0 saturated heterocycles. The molecule has 4 nitrogen and oxygen atoms in total. The highest BCUT2D eigenvalue weighted by Crippen LogP contribution is 2.33. The lowest BCUT2D eigenvalue weighted by Gasteiger charge is -2.17. The van der Waals surface area contributed by atoms with Gasteiger partial charge < -0.3 is 15.6 Å². The quantitative estimate of drug-likeness (QED) is 0.843. The van der Waals surface area contributed by atoms with Gasteiger partial charge in [0.05, 0.1) is 5.69 Å². The number of carboxylic acids is 1. The maximum Gasteiger partial charge on any atom is 0.339 e. The van der Waals surface area contributed by atoms with Crippen LogP contribution >= 0.6 is 0 Å². The maximum absolute atomic E-state index is 11.3. The van der Waals surface area contributed by atoms with Crippen molar-refractivity contribution in [1.82, 2.24) is 0 Å². The van der Waals surface area contributed by atoms with Crippen molar-refractivity contribution >= 4 is 11.7 Å². The molecule has 3 N–H and O–H groups in total. The number of hydrogen-bond donors (Lipinski definition) is 2.